The Hall–Kier alpha value is -3.46. The summed E-state index contributed by atoms with van der Waals surface area (Å²) < 4.78 is 18.6. The largest absolute Gasteiger partial charge is 0.490 e. The second-order valence-electron chi connectivity index (χ2n) is 8.12. The van der Waals surface area contributed by atoms with Gasteiger partial charge in [0.2, 0.25) is 5.90 Å². The maximum absolute atomic E-state index is 12.6. The fraction of sp³-hybridized carbons (Fsp3) is 0.107. The zero-order valence-corrected chi connectivity index (χ0v) is 22.9. The van der Waals surface area contributed by atoms with Crippen molar-refractivity contribution in [3.63, 3.8) is 0 Å². The number of fused-ring (bicyclic) bond motifs is 1. The second-order valence-corrected chi connectivity index (χ2v) is 10.5. The molecule has 0 aliphatic carbocycles. The number of carbonyl (C=O) groups is 2. The number of thiophene rings is 1. The van der Waals surface area contributed by atoms with Crippen LogP contribution in [0.5, 0.6) is 11.5 Å². The molecule has 0 saturated carbocycles. The van der Waals surface area contributed by atoms with E-state index in [0.717, 1.165) is 20.1 Å². The van der Waals surface area contributed by atoms with E-state index in [1.54, 1.807) is 48.5 Å². The van der Waals surface area contributed by atoms with Gasteiger partial charge in [0, 0.05) is 14.6 Å². The molecule has 0 spiro atoms. The van der Waals surface area contributed by atoms with Crippen LogP contribution in [0.2, 0.25) is 5.02 Å². The normalized spacial score (nSPS) is 14.1. The monoisotopic (exact) mass is 595 g/mol. The first-order chi connectivity index (χ1) is 17.8. The van der Waals surface area contributed by atoms with Crippen molar-refractivity contribution in [1.29, 1.82) is 0 Å². The Morgan fingerprint density at radius 2 is 1.89 bits per heavy atom. The molecule has 0 saturated heterocycles. The molecule has 0 atom stereocenters. The van der Waals surface area contributed by atoms with Crippen LogP contribution in [0.4, 0.5) is 0 Å². The van der Waals surface area contributed by atoms with Crippen LogP contribution in [-0.2, 0) is 9.53 Å². The van der Waals surface area contributed by atoms with Crippen molar-refractivity contribution in [2.45, 2.75) is 13.8 Å². The van der Waals surface area contributed by atoms with Gasteiger partial charge in [0.1, 0.15) is 4.88 Å². The highest BCUT2D eigenvalue weighted by molar-refractivity contribution is 9.10. The number of halogens is 2. The number of ether oxygens (including phenoxy) is 3. The standard InChI is InChI=1S/C28H19BrClNO5S/c1-3-34-22-14-16(5-11-21(22)35-27(32)17-6-8-18(29)9-7-17)13-20-28(33)36-26(31-20)25-24(30)19-10-4-15(2)12-23(19)37-25/h4-14H,3H2,1-2H3/b20-13+. The van der Waals surface area contributed by atoms with Crippen molar-refractivity contribution in [3.05, 3.63) is 97.4 Å². The SMILES string of the molecule is CCOc1cc(/C=C2/N=C(c3sc4cc(C)ccc4c3Cl)OC2=O)ccc1OC(=O)c1ccc(Br)cc1. The summed E-state index contributed by atoms with van der Waals surface area (Å²) in [5, 5.41) is 1.39. The summed E-state index contributed by atoms with van der Waals surface area (Å²) in [5.41, 5.74) is 2.27. The Kier molecular flexibility index (Phi) is 7.15. The molecule has 1 aliphatic rings. The second kappa shape index (κ2) is 10.5. The number of hydrogen-bond acceptors (Lipinski definition) is 7. The van der Waals surface area contributed by atoms with Crippen LogP contribution in [-0.4, -0.2) is 24.4 Å². The van der Waals surface area contributed by atoms with Gasteiger partial charge in [-0.1, -0.05) is 45.7 Å². The van der Waals surface area contributed by atoms with E-state index in [-0.39, 0.29) is 17.3 Å². The average molecular weight is 597 g/mol. The van der Waals surface area contributed by atoms with Crippen molar-refractivity contribution >= 4 is 72.9 Å². The van der Waals surface area contributed by atoms with Gasteiger partial charge in [-0.15, -0.1) is 11.3 Å². The summed E-state index contributed by atoms with van der Waals surface area (Å²) in [6.45, 7) is 4.19. The minimum atomic E-state index is -0.580. The number of esters is 2. The molecular formula is C28H19BrClNO5S. The molecule has 0 bridgehead atoms. The van der Waals surface area contributed by atoms with Gasteiger partial charge >= 0.3 is 11.9 Å². The number of hydrogen-bond donors (Lipinski definition) is 0. The Labute approximate surface area is 230 Å². The average Bonchev–Trinajstić information content (AvgIpc) is 3.39. The van der Waals surface area contributed by atoms with Crippen LogP contribution in [0, 0.1) is 6.92 Å². The molecule has 4 aromatic rings. The van der Waals surface area contributed by atoms with E-state index in [0.29, 0.717) is 33.4 Å². The summed E-state index contributed by atoms with van der Waals surface area (Å²) in [7, 11) is 0. The van der Waals surface area contributed by atoms with Crippen LogP contribution in [0.15, 0.2) is 75.8 Å². The maximum Gasteiger partial charge on any atom is 0.363 e. The van der Waals surface area contributed by atoms with Crippen LogP contribution in [0.1, 0.15) is 33.3 Å². The molecule has 1 aromatic heterocycles. The molecule has 0 amide bonds. The number of benzene rings is 3. The highest BCUT2D eigenvalue weighted by Crippen LogP contribution is 2.38. The summed E-state index contributed by atoms with van der Waals surface area (Å²) in [6, 6.07) is 17.8. The highest BCUT2D eigenvalue weighted by Gasteiger charge is 2.28. The molecule has 6 nitrogen and oxygen atoms in total. The Morgan fingerprint density at radius 3 is 2.65 bits per heavy atom. The molecule has 9 heteroatoms. The molecule has 1 aliphatic heterocycles. The lowest BCUT2D eigenvalue weighted by atomic mass is 10.1. The smallest absolute Gasteiger partial charge is 0.363 e. The highest BCUT2D eigenvalue weighted by atomic mass is 79.9. The number of aliphatic imine (C=N–C) groups is 1. The first kappa shape index (κ1) is 25.2. The first-order valence-corrected chi connectivity index (χ1v) is 13.3. The zero-order valence-electron chi connectivity index (χ0n) is 19.7. The lowest BCUT2D eigenvalue weighted by Crippen LogP contribution is -2.09. The van der Waals surface area contributed by atoms with Crippen LogP contribution in [0.3, 0.4) is 0 Å². The minimum Gasteiger partial charge on any atom is -0.490 e. The van der Waals surface area contributed by atoms with Crippen molar-refractivity contribution in [1.82, 2.24) is 0 Å². The van der Waals surface area contributed by atoms with Crippen molar-refractivity contribution in [2.24, 2.45) is 4.99 Å². The van der Waals surface area contributed by atoms with E-state index in [1.165, 1.54) is 11.3 Å². The Balaban J connectivity index is 1.43. The third-order valence-electron chi connectivity index (χ3n) is 5.45. The molecule has 0 radical (unpaired) electrons. The molecule has 0 N–H and O–H groups in total. The maximum atomic E-state index is 12.6. The third kappa shape index (κ3) is 5.32. The summed E-state index contributed by atoms with van der Waals surface area (Å²) >= 11 is 11.3. The molecular weight excluding hydrogens is 578 g/mol. The van der Waals surface area contributed by atoms with Gasteiger partial charge in [-0.25, -0.2) is 14.6 Å². The van der Waals surface area contributed by atoms with Gasteiger partial charge in [-0.3, -0.25) is 0 Å². The third-order valence-corrected chi connectivity index (χ3v) is 7.63. The van der Waals surface area contributed by atoms with Gasteiger partial charge in [0.25, 0.3) is 0 Å². The van der Waals surface area contributed by atoms with Crippen molar-refractivity contribution < 1.29 is 23.8 Å². The van der Waals surface area contributed by atoms with Gasteiger partial charge in [0.15, 0.2) is 17.2 Å². The molecule has 5 rings (SSSR count). The van der Waals surface area contributed by atoms with Crippen LogP contribution in [0.25, 0.3) is 16.2 Å². The van der Waals surface area contributed by atoms with Gasteiger partial charge < -0.3 is 14.2 Å². The van der Waals surface area contributed by atoms with Gasteiger partial charge in [-0.2, -0.15) is 0 Å². The quantitative estimate of drug-likeness (QED) is 0.130. The minimum absolute atomic E-state index is 0.127. The Bertz CT molecular complexity index is 1610. The molecule has 0 unspecified atom stereocenters. The zero-order chi connectivity index (χ0) is 26.1. The topological polar surface area (TPSA) is 74.2 Å². The van der Waals surface area contributed by atoms with Crippen LogP contribution >= 0.6 is 38.9 Å². The molecule has 0 fully saturated rings. The number of rotatable bonds is 6. The van der Waals surface area contributed by atoms with E-state index < -0.39 is 11.9 Å². The number of nitrogens with zero attached hydrogens (tertiary/aromatic N) is 1. The van der Waals surface area contributed by atoms with E-state index in [2.05, 4.69) is 20.9 Å². The predicted octanol–water partition coefficient (Wildman–Crippen LogP) is 7.59. The molecule has 186 valence electrons. The van der Waals surface area contributed by atoms with Gasteiger partial charge in [-0.05, 0) is 73.5 Å². The van der Waals surface area contributed by atoms with E-state index in [9.17, 15) is 9.59 Å². The Morgan fingerprint density at radius 1 is 1.11 bits per heavy atom. The van der Waals surface area contributed by atoms with E-state index >= 15 is 0 Å². The summed E-state index contributed by atoms with van der Waals surface area (Å²) in [6.07, 6.45) is 1.59. The molecule has 37 heavy (non-hydrogen) atoms. The van der Waals surface area contributed by atoms with Crippen molar-refractivity contribution in [2.75, 3.05) is 6.61 Å². The number of aryl methyl sites for hydroxylation is 1. The number of carbonyl (C=O) groups excluding carboxylic acids is 2. The fourth-order valence-electron chi connectivity index (χ4n) is 3.69. The predicted molar refractivity (Wildman–Crippen MR) is 149 cm³/mol. The van der Waals surface area contributed by atoms with Crippen molar-refractivity contribution in [3.8, 4) is 11.5 Å². The summed E-state index contributed by atoms with van der Waals surface area (Å²) in [4.78, 5) is 30.2. The van der Waals surface area contributed by atoms with Crippen LogP contribution < -0.4 is 9.47 Å². The molecule has 2 heterocycles. The first-order valence-electron chi connectivity index (χ1n) is 11.3. The fourth-order valence-corrected chi connectivity index (χ4v) is 5.49. The van der Waals surface area contributed by atoms with E-state index in [4.69, 9.17) is 25.8 Å². The number of cyclic esters (lactones) is 1. The lowest BCUT2D eigenvalue weighted by Gasteiger charge is -2.11. The van der Waals surface area contributed by atoms with Gasteiger partial charge in [0.05, 0.1) is 17.2 Å². The lowest BCUT2D eigenvalue weighted by molar-refractivity contribution is -0.129. The summed E-state index contributed by atoms with van der Waals surface area (Å²) in [5.74, 6) is -0.291. The van der Waals surface area contributed by atoms with E-state index in [1.807, 2.05) is 32.0 Å². The molecule has 3 aromatic carbocycles.